The van der Waals surface area contributed by atoms with Gasteiger partial charge in [0.15, 0.2) is 5.60 Å². The molecule has 5 nitrogen and oxygen atoms in total. The number of ether oxygens (including phenoxy) is 1. The highest BCUT2D eigenvalue weighted by molar-refractivity contribution is 5.95. The predicted octanol–water partition coefficient (Wildman–Crippen LogP) is 2.49. The number of carbonyl (C=O) groups excluding carboxylic acids is 2. The fourth-order valence-corrected chi connectivity index (χ4v) is 1.93. The van der Waals surface area contributed by atoms with Crippen LogP contribution in [-0.2, 0) is 14.3 Å². The van der Waals surface area contributed by atoms with E-state index in [0.29, 0.717) is 0 Å². The van der Waals surface area contributed by atoms with Gasteiger partial charge in [0, 0.05) is 12.2 Å². The summed E-state index contributed by atoms with van der Waals surface area (Å²) in [6, 6.07) is 1.62. The number of nitrogens with zero attached hydrogens (tertiary/aromatic N) is 1. The third-order valence-corrected chi connectivity index (χ3v) is 3.16. The first kappa shape index (κ1) is 18.3. The molecule has 2 unspecified atom stereocenters. The predicted molar refractivity (Wildman–Crippen MR) is 74.4 cm³/mol. The summed E-state index contributed by atoms with van der Waals surface area (Å²) in [6.07, 6.45) is 5.90. The molecule has 0 saturated heterocycles. The lowest BCUT2D eigenvalue weighted by atomic mass is 9.87. The van der Waals surface area contributed by atoms with Crippen molar-refractivity contribution in [2.24, 2.45) is 5.92 Å². The summed E-state index contributed by atoms with van der Waals surface area (Å²) in [5.74, 6) is -1.71. The van der Waals surface area contributed by atoms with Crippen LogP contribution in [-0.4, -0.2) is 22.6 Å². The van der Waals surface area contributed by atoms with Crippen LogP contribution in [0.3, 0.4) is 0 Å². The van der Waals surface area contributed by atoms with Crippen LogP contribution < -0.4 is 0 Å². The van der Waals surface area contributed by atoms with Gasteiger partial charge < -0.3 is 9.84 Å². The Morgan fingerprint density at radius 3 is 2.60 bits per heavy atom. The molecular formula is C15H23NO4. The molecule has 0 aromatic carbocycles. The Balaban J connectivity index is 4.53. The second kappa shape index (κ2) is 9.27. The van der Waals surface area contributed by atoms with Gasteiger partial charge >= 0.3 is 11.9 Å². The van der Waals surface area contributed by atoms with Crippen molar-refractivity contribution in [3.05, 3.63) is 12.2 Å². The third kappa shape index (κ3) is 7.05. The Kier molecular flexibility index (Phi) is 8.49. The molecular weight excluding hydrogens is 258 g/mol. The van der Waals surface area contributed by atoms with Crippen molar-refractivity contribution in [1.82, 2.24) is 0 Å². The number of rotatable bonds is 8. The van der Waals surface area contributed by atoms with Crippen LogP contribution in [0.2, 0.25) is 0 Å². The molecule has 1 N–H and O–H groups in total. The number of allylic oxidation sites excluding steroid dienone is 1. The SMILES string of the molecule is CCCCC(CC)CC(C)(O)C(=O)OC(=O)C=CC#N. The second-order valence-electron chi connectivity index (χ2n) is 5.07. The van der Waals surface area contributed by atoms with Crippen LogP contribution in [0.4, 0.5) is 0 Å². The number of esters is 2. The average molecular weight is 281 g/mol. The Morgan fingerprint density at radius 1 is 1.45 bits per heavy atom. The second-order valence-corrected chi connectivity index (χ2v) is 5.07. The summed E-state index contributed by atoms with van der Waals surface area (Å²) >= 11 is 0. The van der Waals surface area contributed by atoms with E-state index in [1.54, 1.807) is 6.07 Å². The zero-order chi connectivity index (χ0) is 15.6. The highest BCUT2D eigenvalue weighted by Gasteiger charge is 2.35. The van der Waals surface area contributed by atoms with Crippen LogP contribution in [0.5, 0.6) is 0 Å². The van der Waals surface area contributed by atoms with Crippen molar-refractivity contribution in [2.45, 2.75) is 58.5 Å². The van der Waals surface area contributed by atoms with Gasteiger partial charge in [0.05, 0.1) is 6.07 Å². The lowest BCUT2D eigenvalue weighted by Crippen LogP contribution is -2.39. The van der Waals surface area contributed by atoms with Gasteiger partial charge in [0.1, 0.15) is 0 Å². The van der Waals surface area contributed by atoms with Gasteiger partial charge in [-0.1, -0.05) is 39.5 Å². The topological polar surface area (TPSA) is 87.4 Å². The summed E-state index contributed by atoms with van der Waals surface area (Å²) in [5.41, 5.74) is -1.69. The zero-order valence-corrected chi connectivity index (χ0v) is 12.4. The Morgan fingerprint density at radius 2 is 2.10 bits per heavy atom. The first-order chi connectivity index (χ1) is 9.37. The fourth-order valence-electron chi connectivity index (χ4n) is 1.93. The Bertz CT molecular complexity index is 393. The van der Waals surface area contributed by atoms with Gasteiger partial charge in [-0.05, 0) is 19.3 Å². The van der Waals surface area contributed by atoms with Crippen LogP contribution >= 0.6 is 0 Å². The molecule has 0 aliphatic carbocycles. The summed E-state index contributed by atoms with van der Waals surface area (Å²) in [4.78, 5) is 22.9. The first-order valence-corrected chi connectivity index (χ1v) is 6.92. The lowest BCUT2D eigenvalue weighted by Gasteiger charge is -2.25. The number of aliphatic hydroxyl groups is 1. The van der Waals surface area contributed by atoms with Gasteiger partial charge in [0.25, 0.3) is 0 Å². The van der Waals surface area contributed by atoms with E-state index in [1.165, 1.54) is 6.92 Å². The molecule has 0 aliphatic heterocycles. The fraction of sp³-hybridized carbons (Fsp3) is 0.667. The quantitative estimate of drug-likeness (QED) is 0.319. The summed E-state index contributed by atoms with van der Waals surface area (Å²) in [5, 5.41) is 18.4. The maximum atomic E-state index is 11.8. The minimum absolute atomic E-state index is 0.210. The molecule has 0 bridgehead atoms. The molecule has 0 aromatic rings. The van der Waals surface area contributed by atoms with Gasteiger partial charge in [-0.25, -0.2) is 9.59 Å². The van der Waals surface area contributed by atoms with Crippen LogP contribution in [0.1, 0.15) is 52.9 Å². The van der Waals surface area contributed by atoms with Gasteiger partial charge in [0.2, 0.25) is 0 Å². The average Bonchev–Trinajstić information content (AvgIpc) is 2.40. The zero-order valence-electron chi connectivity index (χ0n) is 12.4. The molecule has 0 aromatic heterocycles. The molecule has 0 spiro atoms. The van der Waals surface area contributed by atoms with Crippen molar-refractivity contribution >= 4 is 11.9 Å². The van der Waals surface area contributed by atoms with E-state index in [9.17, 15) is 14.7 Å². The van der Waals surface area contributed by atoms with Crippen molar-refractivity contribution < 1.29 is 19.4 Å². The molecule has 5 heteroatoms. The van der Waals surface area contributed by atoms with Crippen LogP contribution in [0.15, 0.2) is 12.2 Å². The lowest BCUT2D eigenvalue weighted by molar-refractivity contribution is -0.171. The molecule has 0 radical (unpaired) electrons. The normalized spacial score (nSPS) is 15.3. The van der Waals surface area contributed by atoms with Crippen molar-refractivity contribution in [2.75, 3.05) is 0 Å². The Hall–Kier alpha value is -1.67. The Labute approximate surface area is 120 Å². The van der Waals surface area contributed by atoms with Crippen molar-refractivity contribution in [3.63, 3.8) is 0 Å². The molecule has 0 rings (SSSR count). The van der Waals surface area contributed by atoms with Crippen LogP contribution in [0.25, 0.3) is 0 Å². The smallest absolute Gasteiger partial charge is 0.345 e. The number of carbonyl (C=O) groups is 2. The van der Waals surface area contributed by atoms with Gasteiger partial charge in [-0.15, -0.1) is 0 Å². The summed E-state index contributed by atoms with van der Waals surface area (Å²) in [7, 11) is 0. The van der Waals surface area contributed by atoms with E-state index in [0.717, 1.165) is 37.8 Å². The summed E-state index contributed by atoms with van der Waals surface area (Å²) < 4.78 is 4.50. The minimum Gasteiger partial charge on any atom is -0.388 e. The van der Waals surface area contributed by atoms with E-state index in [2.05, 4.69) is 11.7 Å². The molecule has 0 amide bonds. The molecule has 0 fully saturated rings. The number of hydrogen-bond donors (Lipinski definition) is 1. The molecule has 0 saturated carbocycles. The molecule has 0 heterocycles. The van der Waals surface area contributed by atoms with Crippen LogP contribution in [0, 0.1) is 17.2 Å². The molecule has 112 valence electrons. The van der Waals surface area contributed by atoms with Gasteiger partial charge in [-0.3, -0.25) is 0 Å². The van der Waals surface area contributed by atoms with Crippen molar-refractivity contribution in [3.8, 4) is 6.07 Å². The highest BCUT2D eigenvalue weighted by Crippen LogP contribution is 2.25. The monoisotopic (exact) mass is 281 g/mol. The molecule has 20 heavy (non-hydrogen) atoms. The number of unbranched alkanes of at least 4 members (excludes halogenated alkanes) is 1. The third-order valence-electron chi connectivity index (χ3n) is 3.16. The van der Waals surface area contributed by atoms with E-state index in [1.807, 2.05) is 6.92 Å². The standard InChI is InChI=1S/C15H23NO4/c1-4-6-8-12(5-2)11-15(3,19)14(18)20-13(17)9-7-10-16/h7,9,12,19H,4-6,8,11H2,1-3H3. The maximum absolute atomic E-state index is 11.8. The number of hydrogen-bond acceptors (Lipinski definition) is 5. The van der Waals surface area contributed by atoms with E-state index in [4.69, 9.17) is 5.26 Å². The van der Waals surface area contributed by atoms with E-state index in [-0.39, 0.29) is 12.3 Å². The summed E-state index contributed by atoms with van der Waals surface area (Å²) in [6.45, 7) is 5.44. The molecule has 0 aliphatic rings. The van der Waals surface area contributed by atoms with E-state index < -0.39 is 17.5 Å². The van der Waals surface area contributed by atoms with Crippen molar-refractivity contribution in [1.29, 1.82) is 5.26 Å². The highest BCUT2D eigenvalue weighted by atomic mass is 16.6. The van der Waals surface area contributed by atoms with E-state index >= 15 is 0 Å². The van der Waals surface area contributed by atoms with Gasteiger partial charge in [-0.2, -0.15) is 5.26 Å². The molecule has 2 atom stereocenters. The first-order valence-electron chi connectivity index (χ1n) is 6.92. The largest absolute Gasteiger partial charge is 0.388 e. The minimum atomic E-state index is -1.69. The maximum Gasteiger partial charge on any atom is 0.345 e. The number of nitriles is 1.